The molecule has 1 N–H and O–H groups in total. The van der Waals surface area contributed by atoms with Gasteiger partial charge in [-0.3, -0.25) is 4.79 Å². The lowest BCUT2D eigenvalue weighted by Gasteiger charge is -2.22. The van der Waals surface area contributed by atoms with Gasteiger partial charge in [0.2, 0.25) is 17.7 Å². The summed E-state index contributed by atoms with van der Waals surface area (Å²) in [4.78, 5) is 24.6. The molecule has 7 nitrogen and oxygen atoms in total. The molecule has 0 spiro atoms. The van der Waals surface area contributed by atoms with E-state index in [2.05, 4.69) is 20.2 Å². The summed E-state index contributed by atoms with van der Waals surface area (Å²) in [6.07, 6.45) is 2.62. The van der Waals surface area contributed by atoms with Crippen molar-refractivity contribution >= 4 is 11.9 Å². The van der Waals surface area contributed by atoms with Crippen molar-refractivity contribution < 1.29 is 9.53 Å². The number of carbonyl (C=O) groups excluding carboxylic acids is 1. The van der Waals surface area contributed by atoms with Gasteiger partial charge in [0.25, 0.3) is 0 Å². The van der Waals surface area contributed by atoms with Gasteiger partial charge >= 0.3 is 0 Å². The Morgan fingerprint density at radius 2 is 2.24 bits per heavy atom. The maximum absolute atomic E-state index is 11.9. The first-order valence-corrected chi connectivity index (χ1v) is 7.37. The van der Waals surface area contributed by atoms with Gasteiger partial charge in [0.1, 0.15) is 0 Å². The summed E-state index contributed by atoms with van der Waals surface area (Å²) in [5.41, 5.74) is 0. The van der Waals surface area contributed by atoms with Gasteiger partial charge in [0.15, 0.2) is 0 Å². The van der Waals surface area contributed by atoms with Crippen molar-refractivity contribution in [2.24, 2.45) is 0 Å². The molecule has 1 aromatic heterocycles. The third-order valence-corrected chi connectivity index (χ3v) is 3.37. The molecular formula is C14H23N5O2. The van der Waals surface area contributed by atoms with Gasteiger partial charge in [-0.1, -0.05) is 0 Å². The Morgan fingerprint density at radius 3 is 3.00 bits per heavy atom. The van der Waals surface area contributed by atoms with Gasteiger partial charge in [0, 0.05) is 38.4 Å². The van der Waals surface area contributed by atoms with E-state index in [1.165, 1.54) is 0 Å². The molecule has 1 amide bonds. The minimum absolute atomic E-state index is 0.142. The molecule has 2 rings (SSSR count). The molecule has 1 aliphatic rings. The molecule has 0 atom stereocenters. The smallest absolute Gasteiger partial charge is 0.236 e. The van der Waals surface area contributed by atoms with Crippen LogP contribution in [0.2, 0.25) is 0 Å². The van der Waals surface area contributed by atoms with E-state index in [4.69, 9.17) is 4.74 Å². The summed E-state index contributed by atoms with van der Waals surface area (Å²) >= 11 is 0. The molecule has 0 aromatic carbocycles. The molecule has 1 aliphatic heterocycles. The highest BCUT2D eigenvalue weighted by Crippen LogP contribution is 2.15. The summed E-state index contributed by atoms with van der Waals surface area (Å²) in [5, 5.41) is 2.90. The van der Waals surface area contributed by atoms with Crippen molar-refractivity contribution in [1.82, 2.24) is 20.2 Å². The number of ether oxygens (including phenoxy) is 1. The third-order valence-electron chi connectivity index (χ3n) is 3.37. The van der Waals surface area contributed by atoms with Crippen LogP contribution in [0.3, 0.4) is 0 Å². The first kappa shape index (κ1) is 15.5. The Bertz CT molecular complexity index is 468. The van der Waals surface area contributed by atoms with Gasteiger partial charge in [0.05, 0.1) is 13.2 Å². The number of amides is 1. The van der Waals surface area contributed by atoms with E-state index in [1.807, 2.05) is 11.8 Å². The molecule has 1 saturated heterocycles. The summed E-state index contributed by atoms with van der Waals surface area (Å²) in [6, 6.07) is 1.76. The highest BCUT2D eigenvalue weighted by atomic mass is 16.5. The Hall–Kier alpha value is -1.89. The number of hydrogen-bond acceptors (Lipinski definition) is 6. The van der Waals surface area contributed by atoms with Crippen LogP contribution in [-0.4, -0.2) is 67.2 Å². The predicted octanol–water partition coefficient (Wildman–Crippen LogP) is 0.133. The molecule has 0 radical (unpaired) electrons. The van der Waals surface area contributed by atoms with Gasteiger partial charge in [-0.2, -0.15) is 4.98 Å². The molecule has 1 aromatic rings. The average molecular weight is 293 g/mol. The molecule has 21 heavy (non-hydrogen) atoms. The normalized spacial score (nSPS) is 15.7. The number of aromatic nitrogens is 2. The van der Waals surface area contributed by atoms with E-state index < -0.39 is 0 Å². The van der Waals surface area contributed by atoms with Gasteiger partial charge in [-0.25, -0.2) is 4.98 Å². The summed E-state index contributed by atoms with van der Waals surface area (Å²) in [5.74, 6) is 1.40. The molecule has 0 saturated carbocycles. The van der Waals surface area contributed by atoms with Crippen LogP contribution >= 0.6 is 0 Å². The second-order valence-electron chi connectivity index (χ2n) is 4.88. The Morgan fingerprint density at radius 1 is 1.38 bits per heavy atom. The van der Waals surface area contributed by atoms with Crippen LogP contribution in [0.1, 0.15) is 13.3 Å². The first-order valence-electron chi connectivity index (χ1n) is 7.37. The molecule has 0 aliphatic carbocycles. The number of nitrogens with one attached hydrogen (secondary N) is 1. The SMILES string of the molecule is CCOc1ccnc(N2CCCN(C(=O)CNC)CC2)n1. The van der Waals surface area contributed by atoms with Crippen LogP contribution in [0, 0.1) is 0 Å². The number of likely N-dealkylation sites (N-methyl/N-ethyl adjacent to an activating group) is 1. The number of anilines is 1. The summed E-state index contributed by atoms with van der Waals surface area (Å²) in [7, 11) is 1.79. The second kappa shape index (κ2) is 7.78. The lowest BCUT2D eigenvalue weighted by atomic mass is 10.4. The Kier molecular flexibility index (Phi) is 5.74. The molecule has 0 unspecified atom stereocenters. The standard InChI is InChI=1S/C14H23N5O2/c1-3-21-12-5-6-16-14(17-12)19-8-4-7-18(9-10-19)13(20)11-15-2/h5-6,15H,3-4,7-11H2,1-2H3. The summed E-state index contributed by atoms with van der Waals surface area (Å²) < 4.78 is 5.41. The van der Waals surface area contributed by atoms with Crippen LogP contribution in [0.5, 0.6) is 5.88 Å². The Labute approximate surface area is 125 Å². The van der Waals surface area contributed by atoms with Gasteiger partial charge < -0.3 is 19.9 Å². The van der Waals surface area contributed by atoms with Crippen LogP contribution in [0.25, 0.3) is 0 Å². The largest absolute Gasteiger partial charge is 0.478 e. The zero-order valence-electron chi connectivity index (χ0n) is 12.7. The van der Waals surface area contributed by atoms with Crippen LogP contribution in [0.15, 0.2) is 12.3 Å². The fraction of sp³-hybridized carbons (Fsp3) is 0.643. The summed E-state index contributed by atoms with van der Waals surface area (Å²) in [6.45, 7) is 5.97. The minimum atomic E-state index is 0.142. The molecule has 1 fully saturated rings. The average Bonchev–Trinajstić information content (AvgIpc) is 2.74. The number of hydrogen-bond donors (Lipinski definition) is 1. The van der Waals surface area contributed by atoms with E-state index >= 15 is 0 Å². The first-order chi connectivity index (χ1) is 10.2. The number of rotatable bonds is 5. The predicted molar refractivity (Wildman–Crippen MR) is 80.5 cm³/mol. The van der Waals surface area contributed by atoms with Crippen LogP contribution in [-0.2, 0) is 4.79 Å². The van der Waals surface area contributed by atoms with Crippen molar-refractivity contribution in [1.29, 1.82) is 0 Å². The number of carbonyl (C=O) groups is 1. The van der Waals surface area contributed by atoms with E-state index in [0.29, 0.717) is 31.5 Å². The van der Waals surface area contributed by atoms with Crippen molar-refractivity contribution in [2.75, 3.05) is 51.3 Å². The van der Waals surface area contributed by atoms with Crippen molar-refractivity contribution in [3.8, 4) is 5.88 Å². The molecule has 2 heterocycles. The zero-order valence-corrected chi connectivity index (χ0v) is 12.7. The minimum Gasteiger partial charge on any atom is -0.478 e. The molecule has 0 bridgehead atoms. The van der Waals surface area contributed by atoms with E-state index in [1.54, 1.807) is 19.3 Å². The quantitative estimate of drug-likeness (QED) is 0.832. The van der Waals surface area contributed by atoms with Crippen molar-refractivity contribution in [2.45, 2.75) is 13.3 Å². The van der Waals surface area contributed by atoms with Crippen LogP contribution < -0.4 is 15.0 Å². The molecular weight excluding hydrogens is 270 g/mol. The van der Waals surface area contributed by atoms with Gasteiger partial charge in [-0.05, 0) is 20.4 Å². The van der Waals surface area contributed by atoms with Gasteiger partial charge in [-0.15, -0.1) is 0 Å². The topological polar surface area (TPSA) is 70.6 Å². The van der Waals surface area contributed by atoms with Crippen LogP contribution in [0.4, 0.5) is 5.95 Å². The lowest BCUT2D eigenvalue weighted by Crippen LogP contribution is -2.39. The van der Waals surface area contributed by atoms with Crippen molar-refractivity contribution in [3.63, 3.8) is 0 Å². The molecule has 7 heteroatoms. The zero-order chi connectivity index (χ0) is 15.1. The fourth-order valence-electron chi connectivity index (χ4n) is 2.34. The maximum atomic E-state index is 11.9. The monoisotopic (exact) mass is 293 g/mol. The molecule has 116 valence electrons. The number of nitrogens with zero attached hydrogens (tertiary/aromatic N) is 4. The maximum Gasteiger partial charge on any atom is 0.236 e. The highest BCUT2D eigenvalue weighted by molar-refractivity contribution is 5.78. The Balaban J connectivity index is 1.99. The second-order valence-corrected chi connectivity index (χ2v) is 4.88. The fourth-order valence-corrected chi connectivity index (χ4v) is 2.34. The highest BCUT2D eigenvalue weighted by Gasteiger charge is 2.20. The lowest BCUT2D eigenvalue weighted by molar-refractivity contribution is -0.129. The van der Waals surface area contributed by atoms with E-state index in [-0.39, 0.29) is 5.91 Å². The third kappa shape index (κ3) is 4.29. The van der Waals surface area contributed by atoms with E-state index in [9.17, 15) is 4.79 Å². The van der Waals surface area contributed by atoms with E-state index in [0.717, 1.165) is 26.1 Å². The van der Waals surface area contributed by atoms with Crippen molar-refractivity contribution in [3.05, 3.63) is 12.3 Å².